The van der Waals surface area contributed by atoms with E-state index in [-0.39, 0.29) is 0 Å². The normalized spacial score (nSPS) is 13.6. The first kappa shape index (κ1) is 13.3. The van der Waals surface area contributed by atoms with Crippen LogP contribution in [0.1, 0.15) is 33.4 Å². The van der Waals surface area contributed by atoms with E-state index < -0.39 is 0 Å². The van der Waals surface area contributed by atoms with Crippen molar-refractivity contribution in [2.45, 2.75) is 25.7 Å². The molecule has 3 aromatic rings. The molecule has 4 rings (SSSR count). The first-order valence-electron chi connectivity index (χ1n) is 8.09. The van der Waals surface area contributed by atoms with E-state index in [2.05, 4.69) is 72.8 Å². The molecule has 0 N–H and O–H groups in total. The summed E-state index contributed by atoms with van der Waals surface area (Å²) in [7, 11) is 0. The highest BCUT2D eigenvalue weighted by Crippen LogP contribution is 2.19. The summed E-state index contributed by atoms with van der Waals surface area (Å²) in [6, 6.07) is 27.2. The molecule has 0 aliphatic heterocycles. The van der Waals surface area contributed by atoms with Crippen LogP contribution in [-0.4, -0.2) is 0 Å². The third-order valence-electron chi connectivity index (χ3n) is 4.49. The molecular weight excluding hydrogens is 264 g/mol. The third-order valence-corrected chi connectivity index (χ3v) is 4.49. The van der Waals surface area contributed by atoms with Gasteiger partial charge in [-0.25, -0.2) is 0 Å². The van der Waals surface area contributed by atoms with Gasteiger partial charge in [-0.1, -0.05) is 72.8 Å². The van der Waals surface area contributed by atoms with E-state index in [9.17, 15) is 0 Å². The monoisotopic (exact) mass is 284 g/mol. The largest absolute Gasteiger partial charge is 0.0617 e. The smallest absolute Gasteiger partial charge is 0.00256 e. The second-order valence-electron chi connectivity index (χ2n) is 6.31. The van der Waals surface area contributed by atoms with Crippen LogP contribution in [-0.2, 0) is 25.7 Å². The van der Waals surface area contributed by atoms with Crippen molar-refractivity contribution in [1.82, 2.24) is 0 Å². The SMILES string of the molecule is c1cc2cc(c1)Cc1cccc(c1)Cc1cccc(c1)CC2. The fourth-order valence-electron chi connectivity index (χ4n) is 3.40. The lowest BCUT2D eigenvalue weighted by atomic mass is 9.99. The van der Waals surface area contributed by atoms with Crippen LogP contribution >= 0.6 is 0 Å². The Balaban J connectivity index is 1.80. The van der Waals surface area contributed by atoms with E-state index in [1.807, 2.05) is 0 Å². The Kier molecular flexibility index (Phi) is 3.52. The summed E-state index contributed by atoms with van der Waals surface area (Å²) >= 11 is 0. The van der Waals surface area contributed by atoms with E-state index in [4.69, 9.17) is 0 Å². The van der Waals surface area contributed by atoms with Crippen LogP contribution in [0.15, 0.2) is 72.8 Å². The summed E-state index contributed by atoms with van der Waals surface area (Å²) < 4.78 is 0. The maximum absolute atomic E-state index is 2.37. The highest BCUT2D eigenvalue weighted by atomic mass is 14.1. The minimum Gasteiger partial charge on any atom is -0.0617 e. The van der Waals surface area contributed by atoms with Crippen LogP contribution in [0.4, 0.5) is 0 Å². The molecule has 0 radical (unpaired) electrons. The fraction of sp³-hybridized carbons (Fsp3) is 0.182. The first-order valence-corrected chi connectivity index (χ1v) is 8.09. The zero-order valence-corrected chi connectivity index (χ0v) is 12.8. The molecule has 0 saturated carbocycles. The minimum atomic E-state index is 1.03. The second kappa shape index (κ2) is 5.81. The third kappa shape index (κ3) is 2.96. The molecule has 22 heavy (non-hydrogen) atoms. The summed E-state index contributed by atoms with van der Waals surface area (Å²) in [6.07, 6.45) is 4.29. The zero-order valence-electron chi connectivity index (χ0n) is 12.8. The molecule has 0 aromatic heterocycles. The highest BCUT2D eigenvalue weighted by Gasteiger charge is 2.05. The Labute approximate surface area is 132 Å². The van der Waals surface area contributed by atoms with Crippen LogP contribution < -0.4 is 0 Å². The van der Waals surface area contributed by atoms with Gasteiger partial charge in [0.1, 0.15) is 0 Å². The lowest BCUT2D eigenvalue weighted by Crippen LogP contribution is -1.94. The minimum absolute atomic E-state index is 1.03. The van der Waals surface area contributed by atoms with Crippen LogP contribution in [0.25, 0.3) is 0 Å². The number of hydrogen-bond donors (Lipinski definition) is 0. The van der Waals surface area contributed by atoms with E-state index in [0.717, 1.165) is 25.7 Å². The summed E-state index contributed by atoms with van der Waals surface area (Å²) in [5.41, 5.74) is 8.54. The van der Waals surface area contributed by atoms with Gasteiger partial charge in [0.05, 0.1) is 0 Å². The second-order valence-corrected chi connectivity index (χ2v) is 6.31. The Morgan fingerprint density at radius 1 is 0.409 bits per heavy atom. The number of benzene rings is 3. The quantitative estimate of drug-likeness (QED) is 0.547. The van der Waals surface area contributed by atoms with Crippen LogP contribution in [0, 0.1) is 0 Å². The molecule has 0 fully saturated rings. The predicted octanol–water partition coefficient (Wildman–Crippen LogP) is 4.97. The average Bonchev–Trinajstić information content (AvgIpc) is 2.54. The van der Waals surface area contributed by atoms with Gasteiger partial charge in [-0.15, -0.1) is 0 Å². The van der Waals surface area contributed by atoms with Gasteiger partial charge in [0, 0.05) is 0 Å². The molecule has 1 aliphatic carbocycles. The van der Waals surface area contributed by atoms with Gasteiger partial charge in [-0.2, -0.15) is 0 Å². The van der Waals surface area contributed by atoms with E-state index >= 15 is 0 Å². The van der Waals surface area contributed by atoms with Crippen molar-refractivity contribution in [1.29, 1.82) is 0 Å². The van der Waals surface area contributed by atoms with Crippen molar-refractivity contribution in [2.75, 3.05) is 0 Å². The molecule has 3 aromatic carbocycles. The molecule has 0 saturated heterocycles. The lowest BCUT2D eigenvalue weighted by molar-refractivity contribution is 0.952. The first-order chi connectivity index (χ1) is 10.8. The molecule has 6 bridgehead atoms. The topological polar surface area (TPSA) is 0 Å². The summed E-state index contributed by atoms with van der Waals surface area (Å²) in [6.45, 7) is 0. The van der Waals surface area contributed by atoms with Crippen LogP contribution in [0.3, 0.4) is 0 Å². The Morgan fingerprint density at radius 3 is 1.14 bits per heavy atom. The zero-order chi connectivity index (χ0) is 14.8. The van der Waals surface area contributed by atoms with E-state index in [0.29, 0.717) is 0 Å². The number of rotatable bonds is 0. The molecule has 1 aliphatic rings. The number of aryl methyl sites for hydroxylation is 2. The van der Waals surface area contributed by atoms with Crippen molar-refractivity contribution < 1.29 is 0 Å². The molecule has 0 atom stereocenters. The van der Waals surface area contributed by atoms with E-state index in [1.54, 1.807) is 0 Å². The molecule has 0 heterocycles. The van der Waals surface area contributed by atoms with Gasteiger partial charge >= 0.3 is 0 Å². The molecule has 0 amide bonds. The van der Waals surface area contributed by atoms with E-state index in [1.165, 1.54) is 33.4 Å². The number of fused-ring (bicyclic) bond motifs is 6. The lowest BCUT2D eigenvalue weighted by Gasteiger charge is -2.07. The van der Waals surface area contributed by atoms with Gasteiger partial charge in [0.2, 0.25) is 0 Å². The molecule has 0 unspecified atom stereocenters. The molecule has 0 nitrogen and oxygen atoms in total. The van der Waals surface area contributed by atoms with Crippen molar-refractivity contribution in [3.63, 3.8) is 0 Å². The Bertz CT molecular complexity index is 734. The van der Waals surface area contributed by atoms with Gasteiger partial charge in [-0.05, 0) is 59.1 Å². The van der Waals surface area contributed by atoms with Crippen molar-refractivity contribution in [2.24, 2.45) is 0 Å². The molecular formula is C22H20. The van der Waals surface area contributed by atoms with Crippen molar-refractivity contribution in [3.8, 4) is 0 Å². The molecule has 108 valence electrons. The summed E-state index contributed by atoms with van der Waals surface area (Å²) in [5, 5.41) is 0. The highest BCUT2D eigenvalue weighted by molar-refractivity contribution is 5.36. The van der Waals surface area contributed by atoms with Crippen molar-refractivity contribution in [3.05, 3.63) is 106 Å². The predicted molar refractivity (Wildman–Crippen MR) is 92.3 cm³/mol. The van der Waals surface area contributed by atoms with Gasteiger partial charge < -0.3 is 0 Å². The Morgan fingerprint density at radius 2 is 0.727 bits per heavy atom. The van der Waals surface area contributed by atoms with Gasteiger partial charge in [0.25, 0.3) is 0 Å². The summed E-state index contributed by atoms with van der Waals surface area (Å²) in [4.78, 5) is 0. The van der Waals surface area contributed by atoms with Gasteiger partial charge in [-0.3, -0.25) is 0 Å². The molecule has 0 heteroatoms. The van der Waals surface area contributed by atoms with Gasteiger partial charge in [0.15, 0.2) is 0 Å². The Hall–Kier alpha value is -2.34. The van der Waals surface area contributed by atoms with Crippen LogP contribution in [0.2, 0.25) is 0 Å². The maximum Gasteiger partial charge on any atom is -0.00256 e. The van der Waals surface area contributed by atoms with Crippen LogP contribution in [0.5, 0.6) is 0 Å². The molecule has 0 spiro atoms. The fourth-order valence-corrected chi connectivity index (χ4v) is 3.40. The standard InChI is InChI=1S/C22H20/c1-4-17-10-11-18-5-2-7-20(13-18)15-22-9-3-8-21(16-22)14-19(6-1)12-17/h1-9,12-13,16H,10-11,14-15H2. The number of hydrogen-bond acceptors (Lipinski definition) is 0. The average molecular weight is 284 g/mol. The summed E-state index contributed by atoms with van der Waals surface area (Å²) in [5.74, 6) is 0. The van der Waals surface area contributed by atoms with Crippen molar-refractivity contribution >= 4 is 0 Å². The maximum atomic E-state index is 2.37.